The zero-order valence-corrected chi connectivity index (χ0v) is 12.6. The van der Waals surface area contributed by atoms with Crippen molar-refractivity contribution in [2.24, 2.45) is 0 Å². The molecular weight excluding hydrogens is 310 g/mol. The van der Waals surface area contributed by atoms with Crippen molar-refractivity contribution in [1.82, 2.24) is 0 Å². The van der Waals surface area contributed by atoms with E-state index in [9.17, 15) is 13.6 Å². The normalized spacial score (nSPS) is 11.5. The van der Waals surface area contributed by atoms with Crippen molar-refractivity contribution in [2.75, 3.05) is 7.11 Å². The standard InChI is InChI=1S/C11H13BrF2O2Si/c1-16-11(15)6-5-7(12)10(17(2,3)4)9(14)8(6)13/h5H,1-4H3. The van der Waals surface area contributed by atoms with Crippen LogP contribution in [0.1, 0.15) is 10.4 Å². The van der Waals surface area contributed by atoms with Gasteiger partial charge in [0, 0.05) is 4.47 Å². The van der Waals surface area contributed by atoms with Crippen molar-refractivity contribution < 1.29 is 18.3 Å². The lowest BCUT2D eigenvalue weighted by Gasteiger charge is -2.20. The molecule has 0 heterocycles. The highest BCUT2D eigenvalue weighted by molar-refractivity contribution is 9.10. The Bertz CT molecular complexity index is 470. The number of hydrogen-bond acceptors (Lipinski definition) is 2. The molecule has 0 radical (unpaired) electrons. The fourth-order valence-electron chi connectivity index (χ4n) is 1.54. The van der Waals surface area contributed by atoms with Crippen LogP contribution in [-0.2, 0) is 4.74 Å². The van der Waals surface area contributed by atoms with Gasteiger partial charge < -0.3 is 4.74 Å². The number of carbonyl (C=O) groups excluding carboxylic acids is 1. The number of rotatable bonds is 2. The minimum atomic E-state index is -2.04. The molecule has 1 aromatic rings. The Kier molecular flexibility index (Phi) is 4.09. The van der Waals surface area contributed by atoms with Crippen LogP contribution in [0, 0.1) is 11.6 Å². The summed E-state index contributed by atoms with van der Waals surface area (Å²) in [7, 11) is -0.911. The van der Waals surface area contributed by atoms with Crippen molar-refractivity contribution in [2.45, 2.75) is 19.6 Å². The first kappa shape index (κ1) is 14.3. The summed E-state index contributed by atoms with van der Waals surface area (Å²) in [4.78, 5) is 11.3. The first-order valence-corrected chi connectivity index (χ1v) is 9.25. The molecule has 0 aliphatic rings. The van der Waals surface area contributed by atoms with Crippen LogP contribution in [0.15, 0.2) is 10.5 Å². The molecule has 0 atom stereocenters. The molecule has 94 valence electrons. The van der Waals surface area contributed by atoms with Gasteiger partial charge in [-0.15, -0.1) is 0 Å². The summed E-state index contributed by atoms with van der Waals surface area (Å²) in [6.45, 7) is 5.69. The van der Waals surface area contributed by atoms with Crippen molar-refractivity contribution in [3.05, 3.63) is 27.7 Å². The van der Waals surface area contributed by atoms with Gasteiger partial charge in [0.1, 0.15) is 0 Å². The third-order valence-corrected chi connectivity index (χ3v) is 5.29. The fraction of sp³-hybridized carbons (Fsp3) is 0.364. The predicted molar refractivity (Wildman–Crippen MR) is 68.4 cm³/mol. The Balaban J connectivity index is 3.53. The third kappa shape index (κ3) is 2.74. The van der Waals surface area contributed by atoms with E-state index in [4.69, 9.17) is 0 Å². The first-order valence-electron chi connectivity index (χ1n) is 4.96. The highest BCUT2D eigenvalue weighted by Gasteiger charge is 2.29. The van der Waals surface area contributed by atoms with Gasteiger partial charge in [-0.3, -0.25) is 0 Å². The predicted octanol–water partition coefficient (Wildman–Crippen LogP) is 3.06. The van der Waals surface area contributed by atoms with E-state index in [1.807, 2.05) is 19.6 Å². The monoisotopic (exact) mass is 322 g/mol. The average molecular weight is 323 g/mol. The summed E-state index contributed by atoms with van der Waals surface area (Å²) < 4.78 is 32.5. The van der Waals surface area contributed by atoms with Crippen molar-refractivity contribution >= 4 is 35.2 Å². The lowest BCUT2D eigenvalue weighted by atomic mass is 10.2. The maximum atomic E-state index is 13.9. The lowest BCUT2D eigenvalue weighted by molar-refractivity contribution is 0.0594. The van der Waals surface area contributed by atoms with E-state index in [0.717, 1.165) is 7.11 Å². The topological polar surface area (TPSA) is 26.3 Å². The van der Waals surface area contributed by atoms with Crippen LogP contribution in [0.25, 0.3) is 0 Å². The largest absolute Gasteiger partial charge is 0.465 e. The molecule has 0 fully saturated rings. The molecule has 1 aromatic carbocycles. The van der Waals surface area contributed by atoms with E-state index in [0.29, 0.717) is 9.66 Å². The summed E-state index contributed by atoms with van der Waals surface area (Å²) >= 11 is 3.19. The minimum Gasteiger partial charge on any atom is -0.465 e. The number of halogens is 3. The van der Waals surface area contributed by atoms with Crippen LogP contribution in [0.5, 0.6) is 0 Å². The van der Waals surface area contributed by atoms with Gasteiger partial charge in [0.15, 0.2) is 11.6 Å². The second-order valence-corrected chi connectivity index (χ2v) is 10.5. The zero-order chi connectivity index (χ0) is 13.4. The van der Waals surface area contributed by atoms with Gasteiger partial charge in [0.2, 0.25) is 0 Å². The molecule has 0 spiro atoms. The van der Waals surface area contributed by atoms with E-state index >= 15 is 0 Å². The second-order valence-electron chi connectivity index (χ2n) is 4.65. The molecule has 0 saturated heterocycles. The summed E-state index contributed by atoms with van der Waals surface area (Å²) in [6, 6.07) is 1.28. The van der Waals surface area contributed by atoms with Crippen LogP contribution in [-0.4, -0.2) is 21.2 Å². The third-order valence-electron chi connectivity index (χ3n) is 2.31. The maximum absolute atomic E-state index is 13.9. The molecule has 1 rings (SSSR count). The molecule has 0 aliphatic heterocycles. The average Bonchev–Trinajstić information content (AvgIpc) is 2.20. The van der Waals surface area contributed by atoms with Crippen molar-refractivity contribution in [3.63, 3.8) is 0 Å². The highest BCUT2D eigenvalue weighted by atomic mass is 79.9. The number of esters is 1. The molecule has 0 aromatic heterocycles. The van der Waals surface area contributed by atoms with E-state index in [1.165, 1.54) is 6.07 Å². The summed E-state index contributed by atoms with van der Waals surface area (Å²) in [6.07, 6.45) is 0. The molecule has 2 nitrogen and oxygen atoms in total. The Morgan fingerprint density at radius 1 is 1.29 bits per heavy atom. The molecule has 0 N–H and O–H groups in total. The van der Waals surface area contributed by atoms with Gasteiger partial charge in [-0.05, 0) is 11.3 Å². The second kappa shape index (κ2) is 4.86. The maximum Gasteiger partial charge on any atom is 0.340 e. The lowest BCUT2D eigenvalue weighted by Crippen LogP contribution is -2.42. The summed E-state index contributed by atoms with van der Waals surface area (Å²) in [5.41, 5.74) is -0.390. The quantitative estimate of drug-likeness (QED) is 0.475. The molecule has 0 saturated carbocycles. The molecular formula is C11H13BrF2O2Si. The van der Waals surface area contributed by atoms with E-state index in [-0.39, 0.29) is 5.56 Å². The zero-order valence-electron chi connectivity index (χ0n) is 10.0. The molecule has 0 bridgehead atoms. The van der Waals surface area contributed by atoms with Crippen molar-refractivity contribution in [3.8, 4) is 0 Å². The Morgan fingerprint density at radius 3 is 2.24 bits per heavy atom. The van der Waals surface area contributed by atoms with Crippen LogP contribution in [0.4, 0.5) is 8.78 Å². The number of methoxy groups -OCH3 is 1. The van der Waals surface area contributed by atoms with Gasteiger partial charge in [0.25, 0.3) is 0 Å². The molecule has 0 unspecified atom stereocenters. The number of hydrogen-bond donors (Lipinski definition) is 0. The number of benzene rings is 1. The van der Waals surface area contributed by atoms with Gasteiger partial charge in [-0.25, -0.2) is 13.6 Å². The summed E-state index contributed by atoms with van der Waals surface area (Å²) in [5.74, 6) is -2.99. The Morgan fingerprint density at radius 2 is 1.82 bits per heavy atom. The van der Waals surface area contributed by atoms with E-state index in [2.05, 4.69) is 20.7 Å². The van der Waals surface area contributed by atoms with Gasteiger partial charge in [0.05, 0.1) is 20.7 Å². The molecule has 6 heteroatoms. The molecule has 0 aliphatic carbocycles. The Labute approximate surface area is 108 Å². The van der Waals surface area contributed by atoms with Crippen LogP contribution in [0.2, 0.25) is 19.6 Å². The van der Waals surface area contributed by atoms with Crippen LogP contribution < -0.4 is 5.19 Å². The smallest absolute Gasteiger partial charge is 0.340 e. The van der Waals surface area contributed by atoms with Gasteiger partial charge >= 0.3 is 5.97 Å². The van der Waals surface area contributed by atoms with Crippen LogP contribution >= 0.6 is 15.9 Å². The summed E-state index contributed by atoms with van der Waals surface area (Å²) in [5, 5.41) is 0.336. The molecule has 0 amide bonds. The first-order chi connectivity index (χ1) is 7.70. The fourth-order valence-corrected chi connectivity index (χ4v) is 5.29. The molecule has 17 heavy (non-hydrogen) atoms. The highest BCUT2D eigenvalue weighted by Crippen LogP contribution is 2.22. The SMILES string of the molecule is COC(=O)c1cc(Br)c([Si](C)(C)C)c(F)c1F. The minimum absolute atomic E-state index is 0.336. The van der Waals surface area contributed by atoms with Crippen LogP contribution in [0.3, 0.4) is 0 Å². The Hall–Kier alpha value is -0.753. The van der Waals surface area contributed by atoms with Gasteiger partial charge in [-0.2, -0.15) is 0 Å². The number of carbonyl (C=O) groups is 1. The van der Waals surface area contributed by atoms with E-state index in [1.54, 1.807) is 0 Å². The number of ether oxygens (including phenoxy) is 1. The van der Waals surface area contributed by atoms with Gasteiger partial charge in [-0.1, -0.05) is 35.6 Å². The van der Waals surface area contributed by atoms with E-state index < -0.39 is 25.7 Å². The van der Waals surface area contributed by atoms with Crippen molar-refractivity contribution in [1.29, 1.82) is 0 Å².